The molecule has 2 heterocycles. The maximum atomic E-state index is 12.6. The van der Waals surface area contributed by atoms with Crippen LogP contribution >= 0.6 is 0 Å². The maximum absolute atomic E-state index is 12.6. The molecule has 3 rings (SSSR count). The number of ether oxygens (including phenoxy) is 1. The molecule has 2 aromatic heterocycles. The van der Waals surface area contributed by atoms with Crippen LogP contribution in [0.1, 0.15) is 28.8 Å². The minimum Gasteiger partial charge on any atom is -0.497 e. The van der Waals surface area contributed by atoms with Crippen molar-refractivity contribution in [3.63, 3.8) is 0 Å². The number of rotatable bonds is 6. The zero-order valence-corrected chi connectivity index (χ0v) is 15.0. The normalized spacial score (nSPS) is 11.8. The molecule has 0 radical (unpaired) electrons. The summed E-state index contributed by atoms with van der Waals surface area (Å²) in [4.78, 5) is 16.8. The van der Waals surface area contributed by atoms with E-state index in [0.29, 0.717) is 23.6 Å². The van der Waals surface area contributed by atoms with Crippen LogP contribution in [0.3, 0.4) is 0 Å². The average molecular weight is 351 g/mol. The summed E-state index contributed by atoms with van der Waals surface area (Å²) in [5.41, 5.74) is 2.69. The number of hydrogen-bond donors (Lipinski definition) is 1. The van der Waals surface area contributed by atoms with Gasteiger partial charge in [-0.05, 0) is 38.1 Å². The van der Waals surface area contributed by atoms with Crippen molar-refractivity contribution in [3.05, 3.63) is 65.7 Å². The molecule has 0 saturated heterocycles. The number of hydrogen-bond acceptors (Lipinski definition) is 5. The predicted molar refractivity (Wildman–Crippen MR) is 97.5 cm³/mol. The summed E-state index contributed by atoms with van der Waals surface area (Å²) in [5, 5.41) is 11.1. The van der Waals surface area contributed by atoms with Crippen LogP contribution in [0, 0.1) is 6.92 Å². The molecule has 0 aliphatic heterocycles. The molecular formula is C19H21N5O2. The van der Waals surface area contributed by atoms with Crippen molar-refractivity contribution in [2.45, 2.75) is 26.3 Å². The topological polar surface area (TPSA) is 81.9 Å². The number of carbonyl (C=O) groups is 1. The van der Waals surface area contributed by atoms with E-state index in [4.69, 9.17) is 4.74 Å². The number of nitrogens with zero attached hydrogens (tertiary/aromatic N) is 4. The molecule has 1 amide bonds. The minimum absolute atomic E-state index is 0.0706. The molecule has 26 heavy (non-hydrogen) atoms. The van der Waals surface area contributed by atoms with Crippen LogP contribution in [-0.4, -0.2) is 39.0 Å². The van der Waals surface area contributed by atoms with Crippen molar-refractivity contribution in [2.24, 2.45) is 0 Å². The van der Waals surface area contributed by atoms with Gasteiger partial charge < -0.3 is 10.1 Å². The third-order valence-corrected chi connectivity index (χ3v) is 4.03. The molecule has 0 spiro atoms. The fraction of sp³-hybridized carbons (Fsp3) is 0.263. The summed E-state index contributed by atoms with van der Waals surface area (Å²) < 4.78 is 6.86. The third-order valence-electron chi connectivity index (χ3n) is 4.03. The van der Waals surface area contributed by atoms with Gasteiger partial charge in [-0.2, -0.15) is 0 Å². The van der Waals surface area contributed by atoms with Crippen molar-refractivity contribution in [1.29, 1.82) is 0 Å². The Balaban J connectivity index is 1.73. The van der Waals surface area contributed by atoms with E-state index in [0.717, 1.165) is 11.4 Å². The van der Waals surface area contributed by atoms with E-state index in [1.807, 2.05) is 56.3 Å². The summed E-state index contributed by atoms with van der Waals surface area (Å²) in [6.07, 6.45) is 2.39. The van der Waals surface area contributed by atoms with E-state index in [1.54, 1.807) is 18.0 Å². The van der Waals surface area contributed by atoms with Crippen molar-refractivity contribution in [2.75, 3.05) is 7.11 Å². The molecule has 1 unspecified atom stereocenters. The monoisotopic (exact) mass is 351 g/mol. The fourth-order valence-corrected chi connectivity index (χ4v) is 2.70. The Morgan fingerprint density at radius 3 is 2.85 bits per heavy atom. The van der Waals surface area contributed by atoms with E-state index in [9.17, 15) is 4.79 Å². The highest BCUT2D eigenvalue weighted by Crippen LogP contribution is 2.18. The molecule has 0 bridgehead atoms. The summed E-state index contributed by atoms with van der Waals surface area (Å²) in [5.74, 6) is 0.465. The van der Waals surface area contributed by atoms with Crippen molar-refractivity contribution in [3.8, 4) is 11.4 Å². The summed E-state index contributed by atoms with van der Waals surface area (Å²) in [6, 6.07) is 13.1. The van der Waals surface area contributed by atoms with Gasteiger partial charge in [0.2, 0.25) is 0 Å². The van der Waals surface area contributed by atoms with Crippen LogP contribution < -0.4 is 10.1 Å². The summed E-state index contributed by atoms with van der Waals surface area (Å²) in [7, 11) is 1.61. The number of pyridine rings is 1. The number of amides is 1. The zero-order chi connectivity index (χ0) is 18.5. The van der Waals surface area contributed by atoms with Gasteiger partial charge in [-0.25, -0.2) is 4.68 Å². The molecule has 0 fully saturated rings. The van der Waals surface area contributed by atoms with Gasteiger partial charge in [-0.1, -0.05) is 17.3 Å². The standard InChI is InChI=1S/C19H21N5O2/c1-13(11-15-7-4-5-10-20-15)21-19(25)18-14(2)24(23-22-18)16-8-6-9-17(12-16)26-3/h4-10,12-13H,11H2,1-3H3,(H,21,25). The van der Waals surface area contributed by atoms with Gasteiger partial charge in [0.25, 0.3) is 5.91 Å². The van der Waals surface area contributed by atoms with Crippen molar-refractivity contribution in [1.82, 2.24) is 25.3 Å². The van der Waals surface area contributed by atoms with Gasteiger partial charge in [0.15, 0.2) is 5.69 Å². The van der Waals surface area contributed by atoms with Crippen LogP contribution in [0.25, 0.3) is 5.69 Å². The molecule has 1 atom stereocenters. The van der Waals surface area contributed by atoms with Gasteiger partial charge in [-0.3, -0.25) is 9.78 Å². The Kier molecular flexibility index (Phi) is 5.26. The van der Waals surface area contributed by atoms with Crippen molar-refractivity contribution < 1.29 is 9.53 Å². The SMILES string of the molecule is COc1cccc(-n2nnc(C(=O)NC(C)Cc3ccccn3)c2C)c1. The summed E-state index contributed by atoms with van der Waals surface area (Å²) in [6.45, 7) is 3.76. The van der Waals surface area contributed by atoms with E-state index in [1.165, 1.54) is 0 Å². The molecular weight excluding hydrogens is 330 g/mol. The molecule has 1 aromatic carbocycles. The highest BCUT2D eigenvalue weighted by molar-refractivity contribution is 5.93. The van der Waals surface area contributed by atoms with Crippen LogP contribution in [0.15, 0.2) is 48.7 Å². The van der Waals surface area contributed by atoms with E-state index >= 15 is 0 Å². The number of aromatic nitrogens is 4. The Morgan fingerprint density at radius 1 is 1.27 bits per heavy atom. The van der Waals surface area contributed by atoms with Crippen LogP contribution in [-0.2, 0) is 6.42 Å². The predicted octanol–water partition coefficient (Wildman–Crippen LogP) is 2.34. The first-order valence-electron chi connectivity index (χ1n) is 8.36. The lowest BCUT2D eigenvalue weighted by molar-refractivity contribution is 0.0934. The Labute approximate surface area is 152 Å². The Bertz CT molecular complexity index is 892. The molecule has 0 aliphatic rings. The minimum atomic E-state index is -0.250. The lowest BCUT2D eigenvalue weighted by atomic mass is 10.1. The maximum Gasteiger partial charge on any atom is 0.273 e. The molecule has 7 nitrogen and oxygen atoms in total. The van der Waals surface area contributed by atoms with Gasteiger partial charge in [0, 0.05) is 30.4 Å². The fourth-order valence-electron chi connectivity index (χ4n) is 2.70. The molecule has 0 saturated carbocycles. The first-order valence-corrected chi connectivity index (χ1v) is 8.36. The smallest absolute Gasteiger partial charge is 0.273 e. The number of nitrogens with one attached hydrogen (secondary N) is 1. The first-order chi connectivity index (χ1) is 12.6. The number of methoxy groups -OCH3 is 1. The molecule has 134 valence electrons. The Morgan fingerprint density at radius 2 is 2.12 bits per heavy atom. The average Bonchev–Trinajstić information content (AvgIpc) is 3.04. The second-order valence-corrected chi connectivity index (χ2v) is 6.04. The largest absolute Gasteiger partial charge is 0.497 e. The van der Waals surface area contributed by atoms with E-state index in [-0.39, 0.29) is 11.9 Å². The Hall–Kier alpha value is -3.22. The quantitative estimate of drug-likeness (QED) is 0.737. The van der Waals surface area contributed by atoms with Crippen LogP contribution in [0.2, 0.25) is 0 Å². The third kappa shape index (κ3) is 3.88. The highest BCUT2D eigenvalue weighted by Gasteiger charge is 2.19. The van der Waals surface area contributed by atoms with Crippen LogP contribution in [0.4, 0.5) is 0 Å². The zero-order valence-electron chi connectivity index (χ0n) is 15.0. The van der Waals surface area contributed by atoms with Crippen molar-refractivity contribution >= 4 is 5.91 Å². The highest BCUT2D eigenvalue weighted by atomic mass is 16.5. The second-order valence-electron chi connectivity index (χ2n) is 6.04. The van der Waals surface area contributed by atoms with E-state index < -0.39 is 0 Å². The molecule has 1 N–H and O–H groups in total. The number of benzene rings is 1. The van der Waals surface area contributed by atoms with Gasteiger partial charge in [0.1, 0.15) is 5.75 Å². The lowest BCUT2D eigenvalue weighted by Crippen LogP contribution is -2.35. The molecule has 7 heteroatoms. The van der Waals surface area contributed by atoms with E-state index in [2.05, 4.69) is 20.6 Å². The first kappa shape index (κ1) is 17.6. The summed E-state index contributed by atoms with van der Waals surface area (Å²) >= 11 is 0. The van der Waals surface area contributed by atoms with Gasteiger partial charge in [0.05, 0.1) is 18.5 Å². The molecule has 3 aromatic rings. The van der Waals surface area contributed by atoms with Gasteiger partial charge >= 0.3 is 0 Å². The number of carbonyl (C=O) groups excluding carboxylic acids is 1. The van der Waals surface area contributed by atoms with Crippen LogP contribution in [0.5, 0.6) is 5.75 Å². The lowest BCUT2D eigenvalue weighted by Gasteiger charge is -2.12. The molecule has 0 aliphatic carbocycles. The van der Waals surface area contributed by atoms with Gasteiger partial charge in [-0.15, -0.1) is 5.10 Å². The second kappa shape index (κ2) is 7.77.